The third-order valence-corrected chi connectivity index (χ3v) is 1.92. The van der Waals surface area contributed by atoms with Gasteiger partial charge in [-0.2, -0.15) is 0 Å². The van der Waals surface area contributed by atoms with Gasteiger partial charge in [0.1, 0.15) is 6.61 Å². The minimum atomic E-state index is -2.39. The van der Waals surface area contributed by atoms with Gasteiger partial charge in [-0.05, 0) is 18.2 Å². The van der Waals surface area contributed by atoms with Gasteiger partial charge in [0.15, 0.2) is 0 Å². The lowest BCUT2D eigenvalue weighted by atomic mass is 10.1. The molecule has 84 valence electrons. The van der Waals surface area contributed by atoms with Crippen molar-refractivity contribution in [3.05, 3.63) is 35.4 Å². The van der Waals surface area contributed by atoms with Crippen LogP contribution in [0.4, 0.5) is 8.78 Å². The molecule has 0 heterocycles. The molecule has 0 aliphatic rings. The largest absolute Gasteiger partial charge is 0.371 e. The second-order valence-corrected chi connectivity index (χ2v) is 3.25. The molecule has 1 aromatic rings. The summed E-state index contributed by atoms with van der Waals surface area (Å²) in [6.45, 7) is 0.542. The number of nitrogens with one attached hydrogen (secondary N) is 1. The van der Waals surface area contributed by atoms with E-state index in [1.165, 1.54) is 0 Å². The van der Waals surface area contributed by atoms with Crippen molar-refractivity contribution < 1.29 is 13.5 Å². The first kappa shape index (κ1) is 12.1. The predicted octanol–water partition coefficient (Wildman–Crippen LogP) is 2.19. The van der Waals surface area contributed by atoms with Crippen molar-refractivity contribution in [2.24, 2.45) is 0 Å². The molecule has 0 saturated carbocycles. The Hall–Kier alpha value is -1.00. The Morgan fingerprint density at radius 3 is 2.33 bits per heavy atom. The maximum Gasteiger partial charge on any atom is 0.261 e. The lowest BCUT2D eigenvalue weighted by molar-refractivity contribution is 0.00987. The monoisotopic (exact) mass is 215 g/mol. The molecule has 1 aromatic carbocycles. The lowest BCUT2D eigenvalue weighted by Crippen LogP contribution is -2.06. The number of halogens is 2. The van der Waals surface area contributed by atoms with Crippen molar-refractivity contribution >= 4 is 0 Å². The van der Waals surface area contributed by atoms with Gasteiger partial charge in [0.2, 0.25) is 0 Å². The van der Waals surface area contributed by atoms with E-state index in [2.05, 4.69) is 5.32 Å². The summed E-state index contributed by atoms with van der Waals surface area (Å²) in [6, 6.07) is 7.69. The Labute approximate surface area is 88.3 Å². The summed E-state index contributed by atoms with van der Waals surface area (Å²) in [5.41, 5.74) is 2.07. The SMILES string of the molecule is CNCc1ccc(COCC(F)F)cc1. The van der Waals surface area contributed by atoms with E-state index in [4.69, 9.17) is 4.74 Å². The van der Waals surface area contributed by atoms with Crippen molar-refractivity contribution in [2.75, 3.05) is 13.7 Å². The molecule has 1 rings (SSSR count). The van der Waals surface area contributed by atoms with Crippen molar-refractivity contribution in [1.82, 2.24) is 5.32 Å². The maximum atomic E-state index is 11.8. The Bertz CT molecular complexity index is 274. The second kappa shape index (κ2) is 6.48. The molecule has 0 saturated heterocycles. The molecule has 0 aliphatic heterocycles. The van der Waals surface area contributed by atoms with Crippen LogP contribution in [0, 0.1) is 0 Å². The average molecular weight is 215 g/mol. The van der Waals surface area contributed by atoms with Crippen LogP contribution in [0.2, 0.25) is 0 Å². The predicted molar refractivity (Wildman–Crippen MR) is 54.9 cm³/mol. The van der Waals surface area contributed by atoms with Crippen LogP contribution < -0.4 is 5.32 Å². The van der Waals surface area contributed by atoms with Crippen LogP contribution in [-0.2, 0) is 17.9 Å². The molecule has 0 fully saturated rings. The van der Waals surface area contributed by atoms with Gasteiger partial charge >= 0.3 is 0 Å². The van der Waals surface area contributed by atoms with Gasteiger partial charge in [-0.25, -0.2) is 8.78 Å². The summed E-state index contributed by atoms with van der Waals surface area (Å²) >= 11 is 0. The van der Waals surface area contributed by atoms with Crippen LogP contribution in [0.5, 0.6) is 0 Å². The van der Waals surface area contributed by atoms with Gasteiger partial charge in [0.25, 0.3) is 6.43 Å². The zero-order valence-electron chi connectivity index (χ0n) is 8.67. The Balaban J connectivity index is 2.36. The van der Waals surface area contributed by atoms with E-state index in [0.717, 1.165) is 17.7 Å². The number of hydrogen-bond acceptors (Lipinski definition) is 2. The summed E-state index contributed by atoms with van der Waals surface area (Å²) in [5.74, 6) is 0. The van der Waals surface area contributed by atoms with Gasteiger partial charge in [-0.3, -0.25) is 0 Å². The molecule has 1 N–H and O–H groups in total. The third kappa shape index (κ3) is 4.85. The van der Waals surface area contributed by atoms with Gasteiger partial charge in [-0.1, -0.05) is 24.3 Å². The summed E-state index contributed by atoms with van der Waals surface area (Å²) in [7, 11) is 1.87. The van der Waals surface area contributed by atoms with Crippen molar-refractivity contribution in [2.45, 2.75) is 19.6 Å². The Morgan fingerprint density at radius 1 is 1.20 bits per heavy atom. The van der Waals surface area contributed by atoms with Gasteiger partial charge in [0, 0.05) is 6.54 Å². The molecule has 0 aromatic heterocycles. The third-order valence-electron chi connectivity index (χ3n) is 1.92. The van der Waals surface area contributed by atoms with Crippen molar-refractivity contribution in [3.8, 4) is 0 Å². The number of rotatable bonds is 6. The molecular formula is C11H15F2NO. The lowest BCUT2D eigenvalue weighted by Gasteiger charge is -2.05. The molecule has 0 bridgehead atoms. The highest BCUT2D eigenvalue weighted by Crippen LogP contribution is 2.06. The van der Waals surface area contributed by atoms with Crippen LogP contribution in [-0.4, -0.2) is 20.1 Å². The first-order valence-electron chi connectivity index (χ1n) is 4.80. The van der Waals surface area contributed by atoms with E-state index in [9.17, 15) is 8.78 Å². The van der Waals surface area contributed by atoms with E-state index >= 15 is 0 Å². The van der Waals surface area contributed by atoms with Gasteiger partial charge in [0.05, 0.1) is 6.61 Å². The van der Waals surface area contributed by atoms with E-state index in [1.807, 2.05) is 31.3 Å². The fourth-order valence-corrected chi connectivity index (χ4v) is 1.22. The Morgan fingerprint density at radius 2 is 1.80 bits per heavy atom. The molecule has 0 atom stereocenters. The van der Waals surface area contributed by atoms with Gasteiger partial charge < -0.3 is 10.1 Å². The number of benzene rings is 1. The number of ether oxygens (including phenoxy) is 1. The fourth-order valence-electron chi connectivity index (χ4n) is 1.22. The normalized spacial score (nSPS) is 10.9. The second-order valence-electron chi connectivity index (χ2n) is 3.25. The average Bonchev–Trinajstić information content (AvgIpc) is 2.20. The standard InChI is InChI=1S/C11H15F2NO/c1-14-6-9-2-4-10(5-3-9)7-15-8-11(12)13/h2-5,11,14H,6-8H2,1H3. The zero-order chi connectivity index (χ0) is 11.1. The smallest absolute Gasteiger partial charge is 0.261 e. The molecular weight excluding hydrogens is 200 g/mol. The Kier molecular flexibility index (Phi) is 5.21. The molecule has 0 radical (unpaired) electrons. The van der Waals surface area contributed by atoms with E-state index in [1.54, 1.807) is 0 Å². The van der Waals surface area contributed by atoms with E-state index in [-0.39, 0.29) is 6.61 Å². The quantitative estimate of drug-likeness (QED) is 0.785. The molecule has 0 spiro atoms. The molecule has 0 amide bonds. The summed E-state index contributed by atoms with van der Waals surface area (Å²) in [5, 5.41) is 3.03. The minimum absolute atomic E-state index is 0.240. The molecule has 15 heavy (non-hydrogen) atoms. The first-order valence-corrected chi connectivity index (χ1v) is 4.80. The highest BCUT2D eigenvalue weighted by Gasteiger charge is 2.01. The highest BCUT2D eigenvalue weighted by atomic mass is 19.3. The van der Waals surface area contributed by atoms with Gasteiger partial charge in [-0.15, -0.1) is 0 Å². The number of hydrogen-bond donors (Lipinski definition) is 1. The zero-order valence-corrected chi connectivity index (χ0v) is 8.67. The van der Waals surface area contributed by atoms with Crippen LogP contribution in [0.1, 0.15) is 11.1 Å². The molecule has 4 heteroatoms. The summed E-state index contributed by atoms with van der Waals surface area (Å²) in [4.78, 5) is 0. The fraction of sp³-hybridized carbons (Fsp3) is 0.455. The molecule has 0 aliphatic carbocycles. The molecule has 0 unspecified atom stereocenters. The molecule has 2 nitrogen and oxygen atoms in total. The van der Waals surface area contributed by atoms with Crippen LogP contribution in [0.3, 0.4) is 0 Å². The summed E-state index contributed by atoms with van der Waals surface area (Å²) < 4.78 is 28.4. The van der Waals surface area contributed by atoms with Crippen LogP contribution >= 0.6 is 0 Å². The van der Waals surface area contributed by atoms with Crippen molar-refractivity contribution in [1.29, 1.82) is 0 Å². The topological polar surface area (TPSA) is 21.3 Å². The van der Waals surface area contributed by atoms with Crippen molar-refractivity contribution in [3.63, 3.8) is 0 Å². The van der Waals surface area contributed by atoms with E-state index in [0.29, 0.717) is 0 Å². The van der Waals surface area contributed by atoms with E-state index < -0.39 is 13.0 Å². The maximum absolute atomic E-state index is 11.8. The minimum Gasteiger partial charge on any atom is -0.371 e. The highest BCUT2D eigenvalue weighted by molar-refractivity contribution is 5.21. The van der Waals surface area contributed by atoms with Crippen LogP contribution in [0.15, 0.2) is 24.3 Å². The number of alkyl halides is 2. The first-order chi connectivity index (χ1) is 7.22. The van der Waals surface area contributed by atoms with Crippen LogP contribution in [0.25, 0.3) is 0 Å². The summed E-state index contributed by atoms with van der Waals surface area (Å²) in [6.07, 6.45) is -2.39.